The van der Waals surface area contributed by atoms with E-state index in [1.54, 1.807) is 24.3 Å². The Morgan fingerprint density at radius 3 is 2.68 bits per heavy atom. The predicted octanol–water partition coefficient (Wildman–Crippen LogP) is 2.20. The lowest BCUT2D eigenvalue weighted by Gasteiger charge is -2.35. The fourth-order valence-corrected chi connectivity index (χ4v) is 3.50. The van der Waals surface area contributed by atoms with Crippen molar-refractivity contribution in [3.63, 3.8) is 0 Å². The van der Waals surface area contributed by atoms with Gasteiger partial charge in [0.15, 0.2) is 0 Å². The normalized spacial score (nSPS) is 14.4. The number of nitrogens with zero attached hydrogens (tertiary/aromatic N) is 3. The number of carbonyl (C=O) groups excluding carboxylic acids is 1. The molecule has 0 atom stereocenters. The minimum Gasteiger partial charge on any atom is -0.497 e. The van der Waals surface area contributed by atoms with Crippen LogP contribution in [-0.2, 0) is 0 Å². The van der Waals surface area contributed by atoms with E-state index in [-0.39, 0.29) is 16.9 Å². The second-order valence-electron chi connectivity index (χ2n) is 6.91. The van der Waals surface area contributed by atoms with Gasteiger partial charge in [-0.05, 0) is 25.1 Å². The lowest BCUT2D eigenvalue weighted by molar-refractivity contribution is 0.0745. The van der Waals surface area contributed by atoms with Crippen LogP contribution in [0.3, 0.4) is 0 Å². The van der Waals surface area contributed by atoms with Gasteiger partial charge in [0.05, 0.1) is 7.11 Å². The van der Waals surface area contributed by atoms with E-state index >= 15 is 0 Å². The molecule has 3 aromatic rings. The Hall–Kier alpha value is -3.35. The highest BCUT2D eigenvalue weighted by molar-refractivity contribution is 5.97. The molecule has 1 aliphatic heterocycles. The van der Waals surface area contributed by atoms with Crippen LogP contribution < -0.4 is 15.1 Å². The first-order valence-electron chi connectivity index (χ1n) is 9.23. The molecule has 0 radical (unpaired) electrons. The molecule has 1 fully saturated rings. The van der Waals surface area contributed by atoms with Crippen molar-refractivity contribution >= 4 is 22.6 Å². The first-order chi connectivity index (χ1) is 13.6. The van der Waals surface area contributed by atoms with Gasteiger partial charge in [-0.15, -0.1) is 0 Å². The number of ether oxygens (including phenoxy) is 1. The van der Waals surface area contributed by atoms with Crippen molar-refractivity contribution in [3.8, 4) is 5.75 Å². The van der Waals surface area contributed by atoms with E-state index in [1.807, 2.05) is 31.2 Å². The van der Waals surface area contributed by atoms with Gasteiger partial charge in [-0.25, -0.2) is 4.98 Å². The summed E-state index contributed by atoms with van der Waals surface area (Å²) in [5, 5.41) is 0.546. The lowest BCUT2D eigenvalue weighted by atomic mass is 10.1. The molecule has 7 heteroatoms. The number of methoxy groups -OCH3 is 1. The highest BCUT2D eigenvalue weighted by atomic mass is 16.5. The molecule has 0 saturated carbocycles. The molecule has 4 rings (SSSR count). The van der Waals surface area contributed by atoms with Gasteiger partial charge < -0.3 is 19.5 Å². The largest absolute Gasteiger partial charge is 0.497 e. The van der Waals surface area contributed by atoms with Gasteiger partial charge in [0.25, 0.3) is 5.91 Å². The predicted molar refractivity (Wildman–Crippen MR) is 108 cm³/mol. The zero-order chi connectivity index (χ0) is 19.7. The van der Waals surface area contributed by atoms with Crippen LogP contribution in [0.15, 0.2) is 47.5 Å². The number of rotatable bonds is 3. The summed E-state index contributed by atoms with van der Waals surface area (Å²) in [5.41, 5.74) is 1.69. The summed E-state index contributed by atoms with van der Waals surface area (Å²) in [6, 6.07) is 9.30. The third-order valence-corrected chi connectivity index (χ3v) is 5.11. The molecule has 0 spiro atoms. The summed E-state index contributed by atoms with van der Waals surface area (Å²) in [6.45, 7) is 4.29. The smallest absolute Gasteiger partial charge is 0.259 e. The Balaban J connectivity index is 1.52. The zero-order valence-electron chi connectivity index (χ0n) is 15.9. The van der Waals surface area contributed by atoms with Crippen molar-refractivity contribution in [2.45, 2.75) is 6.92 Å². The number of pyridine rings is 2. The van der Waals surface area contributed by atoms with Gasteiger partial charge in [0, 0.05) is 55.5 Å². The van der Waals surface area contributed by atoms with Gasteiger partial charge in [-0.1, -0.05) is 11.6 Å². The number of nitrogens with one attached hydrogen (secondary N) is 1. The average Bonchev–Trinajstić information content (AvgIpc) is 2.74. The van der Waals surface area contributed by atoms with Crippen molar-refractivity contribution in [3.05, 3.63) is 64.1 Å². The Morgan fingerprint density at radius 1 is 1.14 bits per heavy atom. The quantitative estimate of drug-likeness (QED) is 0.756. The highest BCUT2D eigenvalue weighted by Gasteiger charge is 2.25. The van der Waals surface area contributed by atoms with Gasteiger partial charge in [-0.2, -0.15) is 0 Å². The monoisotopic (exact) mass is 378 g/mol. The number of hydrogen-bond donors (Lipinski definition) is 1. The van der Waals surface area contributed by atoms with Crippen LogP contribution in [0.25, 0.3) is 10.9 Å². The summed E-state index contributed by atoms with van der Waals surface area (Å²) in [5.74, 6) is 1.34. The maximum absolute atomic E-state index is 12.9. The van der Waals surface area contributed by atoms with Gasteiger partial charge in [0.2, 0.25) is 5.43 Å². The maximum Gasteiger partial charge on any atom is 0.259 e. The molecule has 28 heavy (non-hydrogen) atoms. The zero-order valence-corrected chi connectivity index (χ0v) is 15.9. The molecule has 1 aliphatic rings. The average molecular weight is 378 g/mol. The number of anilines is 1. The van der Waals surface area contributed by atoms with Crippen molar-refractivity contribution in [2.75, 3.05) is 38.2 Å². The van der Waals surface area contributed by atoms with Crippen LogP contribution in [0.4, 0.5) is 5.82 Å². The van der Waals surface area contributed by atoms with Crippen LogP contribution in [-0.4, -0.2) is 54.1 Å². The number of carbonyl (C=O) groups is 1. The van der Waals surface area contributed by atoms with E-state index in [2.05, 4.69) is 14.9 Å². The summed E-state index contributed by atoms with van der Waals surface area (Å²) in [7, 11) is 1.62. The van der Waals surface area contributed by atoms with E-state index in [9.17, 15) is 9.59 Å². The second kappa shape index (κ2) is 7.34. The van der Waals surface area contributed by atoms with Crippen LogP contribution in [0, 0.1) is 6.92 Å². The Kier molecular flexibility index (Phi) is 4.73. The molecule has 1 amide bonds. The van der Waals surface area contributed by atoms with E-state index in [4.69, 9.17) is 4.74 Å². The van der Waals surface area contributed by atoms with Crippen LogP contribution in [0.2, 0.25) is 0 Å². The summed E-state index contributed by atoms with van der Waals surface area (Å²) >= 11 is 0. The number of piperazine rings is 1. The molecule has 0 aliphatic carbocycles. The second-order valence-corrected chi connectivity index (χ2v) is 6.91. The summed E-state index contributed by atoms with van der Waals surface area (Å²) in [6.07, 6.45) is 3.24. The van der Waals surface area contributed by atoms with Crippen LogP contribution in [0.5, 0.6) is 5.75 Å². The molecule has 0 bridgehead atoms. The first kappa shape index (κ1) is 18.0. The number of benzene rings is 1. The van der Waals surface area contributed by atoms with E-state index < -0.39 is 0 Å². The number of H-pyrrole nitrogens is 1. The van der Waals surface area contributed by atoms with Crippen molar-refractivity contribution < 1.29 is 9.53 Å². The third kappa shape index (κ3) is 3.31. The summed E-state index contributed by atoms with van der Waals surface area (Å²) < 4.78 is 5.25. The Labute approximate surface area is 162 Å². The van der Waals surface area contributed by atoms with E-state index in [0.29, 0.717) is 31.6 Å². The number of aromatic amines is 1. The maximum atomic E-state index is 12.9. The fraction of sp³-hybridized carbons (Fsp3) is 0.286. The van der Waals surface area contributed by atoms with Gasteiger partial charge >= 0.3 is 0 Å². The number of aromatic nitrogens is 2. The number of aryl methyl sites for hydroxylation is 1. The molecular weight excluding hydrogens is 356 g/mol. The molecular formula is C21H22N4O3. The molecule has 0 unspecified atom stereocenters. The van der Waals surface area contributed by atoms with E-state index in [0.717, 1.165) is 22.6 Å². The molecule has 1 aromatic carbocycles. The molecule has 2 aromatic heterocycles. The third-order valence-electron chi connectivity index (χ3n) is 5.11. The standard InChI is InChI=1S/C21H22N4O3/c1-14-3-4-18-16(11-14)20(26)17(13-23-18)21(27)25-9-7-24(8-10-25)19-12-15(28-2)5-6-22-19/h3-6,11-13H,7-10H2,1-2H3,(H,23,26). The minimum atomic E-state index is -0.233. The van der Waals surface area contributed by atoms with Crippen molar-refractivity contribution in [1.82, 2.24) is 14.9 Å². The van der Waals surface area contributed by atoms with Crippen molar-refractivity contribution in [2.24, 2.45) is 0 Å². The van der Waals surface area contributed by atoms with Crippen molar-refractivity contribution in [1.29, 1.82) is 0 Å². The van der Waals surface area contributed by atoms with Gasteiger partial charge in [0.1, 0.15) is 17.1 Å². The molecule has 144 valence electrons. The summed E-state index contributed by atoms with van der Waals surface area (Å²) in [4.78, 5) is 37.1. The fourth-order valence-electron chi connectivity index (χ4n) is 3.50. The SMILES string of the molecule is COc1ccnc(N2CCN(C(=O)c3c[nH]c4ccc(C)cc4c3=O)CC2)c1. The van der Waals surface area contributed by atoms with Gasteiger partial charge in [-0.3, -0.25) is 9.59 Å². The molecule has 3 heterocycles. The van der Waals surface area contributed by atoms with Crippen LogP contribution in [0.1, 0.15) is 15.9 Å². The number of hydrogen-bond acceptors (Lipinski definition) is 5. The Morgan fingerprint density at radius 2 is 1.93 bits per heavy atom. The number of fused-ring (bicyclic) bond motifs is 1. The lowest BCUT2D eigenvalue weighted by Crippen LogP contribution is -2.49. The molecule has 1 N–H and O–H groups in total. The molecule has 7 nitrogen and oxygen atoms in total. The number of amides is 1. The first-order valence-corrected chi connectivity index (χ1v) is 9.23. The molecule has 1 saturated heterocycles. The highest BCUT2D eigenvalue weighted by Crippen LogP contribution is 2.20. The van der Waals surface area contributed by atoms with Crippen LogP contribution >= 0.6 is 0 Å². The topological polar surface area (TPSA) is 78.5 Å². The van der Waals surface area contributed by atoms with E-state index in [1.165, 1.54) is 6.20 Å². The minimum absolute atomic E-state index is 0.186. The Bertz CT molecular complexity index is 1080.